The summed E-state index contributed by atoms with van der Waals surface area (Å²) in [5, 5.41) is 33.3. The Kier molecular flexibility index (Phi) is 7.37. The number of benzene rings is 2. The molecule has 2 aromatic rings. The number of aliphatic hydroxyl groups is 2. The fourth-order valence-electron chi connectivity index (χ4n) is 2.68. The van der Waals surface area contributed by atoms with Crippen molar-refractivity contribution in [2.24, 2.45) is 5.29 Å². The average Bonchev–Trinajstić information content (AvgIpc) is 2.65. The van der Waals surface area contributed by atoms with Crippen molar-refractivity contribution in [3.63, 3.8) is 0 Å². The van der Waals surface area contributed by atoms with Crippen LogP contribution in [0.5, 0.6) is 5.75 Å². The summed E-state index contributed by atoms with van der Waals surface area (Å²) in [5.74, 6) is -0.0234. The highest BCUT2D eigenvalue weighted by atomic mass is 16.3. The average molecular weight is 344 g/mol. The monoisotopic (exact) mass is 344 g/mol. The molecule has 6 heteroatoms. The Morgan fingerprint density at radius 2 is 1.84 bits per heavy atom. The fraction of sp³-hybridized carbons (Fsp3) is 0.368. The number of aliphatic hydroxyl groups excluding tert-OH is 2. The topological polar surface area (TPSA) is 93.4 Å². The molecule has 0 aliphatic carbocycles. The number of hydrogen-bond donors (Lipinski definition) is 3. The molecule has 1 atom stereocenters. The summed E-state index contributed by atoms with van der Waals surface area (Å²) >= 11 is 0. The Morgan fingerprint density at radius 1 is 1.08 bits per heavy atom. The van der Waals surface area contributed by atoms with Gasteiger partial charge in [0.1, 0.15) is 5.75 Å². The van der Waals surface area contributed by atoms with E-state index in [2.05, 4.69) is 17.4 Å². The van der Waals surface area contributed by atoms with E-state index in [0.29, 0.717) is 17.7 Å². The number of rotatable bonds is 10. The van der Waals surface area contributed by atoms with Crippen molar-refractivity contribution >= 4 is 0 Å². The molecule has 0 radical (unpaired) electrons. The third kappa shape index (κ3) is 5.85. The molecule has 0 bridgehead atoms. The minimum Gasteiger partial charge on any atom is -0.508 e. The molecule has 0 saturated carbocycles. The molecular formula is C19H24N2O4. The Hall–Kier alpha value is -2.44. The Morgan fingerprint density at radius 3 is 2.52 bits per heavy atom. The van der Waals surface area contributed by atoms with Gasteiger partial charge in [-0.1, -0.05) is 36.4 Å². The first-order valence-corrected chi connectivity index (χ1v) is 8.37. The van der Waals surface area contributed by atoms with Crippen molar-refractivity contribution in [3.05, 3.63) is 70.1 Å². The van der Waals surface area contributed by atoms with Crippen LogP contribution >= 0.6 is 0 Å². The lowest BCUT2D eigenvalue weighted by Gasteiger charge is -2.20. The van der Waals surface area contributed by atoms with Gasteiger partial charge in [-0.15, -0.1) is 4.91 Å². The van der Waals surface area contributed by atoms with Crippen molar-refractivity contribution < 1.29 is 15.3 Å². The van der Waals surface area contributed by atoms with Gasteiger partial charge in [0.25, 0.3) is 0 Å². The van der Waals surface area contributed by atoms with E-state index in [1.807, 2.05) is 18.2 Å². The highest BCUT2D eigenvalue weighted by Gasteiger charge is 2.14. The summed E-state index contributed by atoms with van der Waals surface area (Å²) in [6, 6.07) is 14.6. The summed E-state index contributed by atoms with van der Waals surface area (Å²) < 4.78 is 0. The van der Waals surface area contributed by atoms with Gasteiger partial charge >= 0.3 is 0 Å². The summed E-state index contributed by atoms with van der Waals surface area (Å²) in [4.78, 5) is 11.0. The van der Waals surface area contributed by atoms with Crippen molar-refractivity contribution in [3.8, 4) is 5.75 Å². The molecule has 2 rings (SSSR count). The van der Waals surface area contributed by atoms with Crippen molar-refractivity contribution in [1.29, 1.82) is 0 Å². The second-order valence-electron chi connectivity index (χ2n) is 6.00. The van der Waals surface area contributed by atoms with Gasteiger partial charge in [0.05, 0.1) is 24.5 Å². The second kappa shape index (κ2) is 9.76. The van der Waals surface area contributed by atoms with Crippen LogP contribution in [0.2, 0.25) is 0 Å². The molecule has 0 aliphatic rings. The maximum absolute atomic E-state index is 11.0. The molecule has 1 unspecified atom stereocenters. The molecule has 0 aromatic heterocycles. The van der Waals surface area contributed by atoms with E-state index in [0.717, 1.165) is 19.3 Å². The van der Waals surface area contributed by atoms with Gasteiger partial charge < -0.3 is 15.3 Å². The number of nitroso groups, excluding NO2 is 1. The van der Waals surface area contributed by atoms with Crippen LogP contribution in [-0.4, -0.2) is 33.4 Å². The zero-order valence-electron chi connectivity index (χ0n) is 14.1. The summed E-state index contributed by atoms with van der Waals surface area (Å²) in [6.45, 7) is 0.227. The van der Waals surface area contributed by atoms with E-state index in [1.54, 1.807) is 6.07 Å². The molecule has 3 N–H and O–H groups in total. The minimum atomic E-state index is -0.919. The van der Waals surface area contributed by atoms with Crippen LogP contribution in [-0.2, 0) is 13.0 Å². The predicted molar refractivity (Wildman–Crippen MR) is 95.7 cm³/mol. The first-order chi connectivity index (χ1) is 12.1. The van der Waals surface area contributed by atoms with Crippen LogP contribution in [0.15, 0.2) is 53.8 Å². The first kappa shape index (κ1) is 18.9. The smallest absolute Gasteiger partial charge is 0.121 e. The van der Waals surface area contributed by atoms with Crippen molar-refractivity contribution in [1.82, 2.24) is 5.01 Å². The van der Waals surface area contributed by atoms with E-state index < -0.39 is 6.10 Å². The molecule has 0 spiro atoms. The van der Waals surface area contributed by atoms with Gasteiger partial charge in [-0.05, 0) is 42.5 Å². The van der Waals surface area contributed by atoms with Crippen molar-refractivity contribution in [2.75, 3.05) is 13.1 Å². The van der Waals surface area contributed by atoms with Gasteiger partial charge in [-0.2, -0.15) is 0 Å². The maximum atomic E-state index is 11.0. The summed E-state index contributed by atoms with van der Waals surface area (Å²) in [5.41, 5.74) is 2.12. The standard InChI is InChI=1S/C19H24N2O4/c22-14-17-12-16(9-10-18(17)23)19(24)13-21(20-25)11-5-4-8-15-6-2-1-3-7-15/h1-3,6-7,9-10,12,19,22-24H,4-5,8,11,13-14H2. The Labute approximate surface area is 147 Å². The van der Waals surface area contributed by atoms with Gasteiger partial charge in [0.2, 0.25) is 0 Å². The van der Waals surface area contributed by atoms with Crippen LogP contribution in [0.1, 0.15) is 35.6 Å². The Balaban J connectivity index is 1.81. The van der Waals surface area contributed by atoms with Gasteiger partial charge in [-0.25, -0.2) is 0 Å². The van der Waals surface area contributed by atoms with E-state index in [-0.39, 0.29) is 18.9 Å². The zero-order chi connectivity index (χ0) is 18.1. The molecule has 0 aliphatic heterocycles. The molecule has 6 nitrogen and oxygen atoms in total. The maximum Gasteiger partial charge on any atom is 0.121 e. The number of phenols is 1. The molecule has 0 saturated heterocycles. The fourth-order valence-corrected chi connectivity index (χ4v) is 2.68. The summed E-state index contributed by atoms with van der Waals surface area (Å²) in [7, 11) is 0. The zero-order valence-corrected chi connectivity index (χ0v) is 14.1. The normalized spacial score (nSPS) is 11.9. The minimum absolute atomic E-state index is 0.0234. The molecular weight excluding hydrogens is 320 g/mol. The number of unbranched alkanes of at least 4 members (excludes halogenated alkanes) is 1. The van der Waals surface area contributed by atoms with Gasteiger partial charge in [0, 0.05) is 12.1 Å². The van der Waals surface area contributed by atoms with Crippen LogP contribution in [0.25, 0.3) is 0 Å². The molecule has 25 heavy (non-hydrogen) atoms. The number of nitrogens with zero attached hydrogens (tertiary/aromatic N) is 2. The lowest BCUT2D eigenvalue weighted by Crippen LogP contribution is -2.24. The van der Waals surface area contributed by atoms with Gasteiger partial charge in [-0.3, -0.25) is 5.01 Å². The molecule has 2 aromatic carbocycles. The van der Waals surface area contributed by atoms with E-state index in [1.165, 1.54) is 22.7 Å². The highest BCUT2D eigenvalue weighted by Crippen LogP contribution is 2.23. The Bertz CT molecular complexity index is 664. The van der Waals surface area contributed by atoms with Gasteiger partial charge in [0.15, 0.2) is 0 Å². The second-order valence-corrected chi connectivity index (χ2v) is 6.00. The van der Waals surface area contributed by atoms with E-state index in [9.17, 15) is 15.1 Å². The molecule has 134 valence electrons. The van der Waals surface area contributed by atoms with E-state index in [4.69, 9.17) is 5.11 Å². The number of hydrogen-bond acceptors (Lipinski definition) is 5. The quantitative estimate of drug-likeness (QED) is 0.350. The number of aryl methyl sites for hydroxylation is 1. The van der Waals surface area contributed by atoms with E-state index >= 15 is 0 Å². The SMILES string of the molecule is O=NN(CCCCc1ccccc1)CC(O)c1ccc(O)c(CO)c1. The van der Waals surface area contributed by atoms with Crippen LogP contribution < -0.4 is 0 Å². The first-order valence-electron chi connectivity index (χ1n) is 8.37. The van der Waals surface area contributed by atoms with Crippen LogP contribution in [0, 0.1) is 4.91 Å². The van der Waals surface area contributed by atoms with Crippen molar-refractivity contribution in [2.45, 2.75) is 32.0 Å². The largest absolute Gasteiger partial charge is 0.508 e. The number of aromatic hydroxyl groups is 1. The lowest BCUT2D eigenvalue weighted by atomic mass is 10.0. The molecule has 0 amide bonds. The lowest BCUT2D eigenvalue weighted by molar-refractivity contribution is 0.112. The van der Waals surface area contributed by atoms with Crippen LogP contribution in [0.3, 0.4) is 0 Å². The molecule has 0 fully saturated rings. The van der Waals surface area contributed by atoms with Crippen LogP contribution in [0.4, 0.5) is 0 Å². The third-order valence-electron chi connectivity index (χ3n) is 4.13. The highest BCUT2D eigenvalue weighted by molar-refractivity contribution is 5.36. The molecule has 0 heterocycles. The third-order valence-corrected chi connectivity index (χ3v) is 4.13. The summed E-state index contributed by atoms with van der Waals surface area (Å²) in [6.07, 6.45) is 1.75. The predicted octanol–water partition coefficient (Wildman–Crippen LogP) is 2.92.